The SMILES string of the molecule is Cc1c(C(=O)N(C)C)sc2c1c(=O)n(-c1ccc(Cl)cc1)c(=O)n2CC(=O)NCc1ccccc1Cl. The predicted octanol–water partition coefficient (Wildman–Crippen LogP) is 3.85. The van der Waals surface area contributed by atoms with Crippen LogP contribution in [0.4, 0.5) is 0 Å². The van der Waals surface area contributed by atoms with Crippen molar-refractivity contribution in [3.8, 4) is 5.69 Å². The Morgan fingerprint density at radius 2 is 1.69 bits per heavy atom. The summed E-state index contributed by atoms with van der Waals surface area (Å²) >= 11 is 13.2. The monoisotopic (exact) mass is 544 g/mol. The van der Waals surface area contributed by atoms with Crippen LogP contribution in [0.15, 0.2) is 58.1 Å². The number of amides is 2. The van der Waals surface area contributed by atoms with Crippen LogP contribution in [0.3, 0.4) is 0 Å². The minimum atomic E-state index is -0.701. The molecule has 0 aliphatic carbocycles. The topological polar surface area (TPSA) is 93.4 Å². The highest BCUT2D eigenvalue weighted by Crippen LogP contribution is 2.29. The van der Waals surface area contributed by atoms with Gasteiger partial charge in [0, 0.05) is 30.7 Å². The number of thiophene rings is 1. The number of halogens is 2. The second kappa shape index (κ2) is 10.3. The van der Waals surface area contributed by atoms with E-state index in [0.717, 1.165) is 21.5 Å². The average molecular weight is 545 g/mol. The normalized spacial score (nSPS) is 11.0. The van der Waals surface area contributed by atoms with Gasteiger partial charge in [-0.2, -0.15) is 0 Å². The Morgan fingerprint density at radius 3 is 2.33 bits per heavy atom. The molecule has 2 aromatic carbocycles. The molecule has 0 spiro atoms. The van der Waals surface area contributed by atoms with Gasteiger partial charge in [0.15, 0.2) is 0 Å². The summed E-state index contributed by atoms with van der Waals surface area (Å²) in [6.45, 7) is 1.47. The van der Waals surface area contributed by atoms with Crippen molar-refractivity contribution in [1.29, 1.82) is 0 Å². The van der Waals surface area contributed by atoms with Crippen molar-refractivity contribution in [1.82, 2.24) is 19.4 Å². The van der Waals surface area contributed by atoms with Crippen molar-refractivity contribution >= 4 is 56.6 Å². The van der Waals surface area contributed by atoms with Crippen LogP contribution >= 0.6 is 34.5 Å². The zero-order valence-corrected chi connectivity index (χ0v) is 22.0. The number of hydrogen-bond acceptors (Lipinski definition) is 5. The number of nitrogens with zero attached hydrogens (tertiary/aromatic N) is 3. The summed E-state index contributed by atoms with van der Waals surface area (Å²) in [6, 6.07) is 13.3. The Bertz CT molecular complexity index is 1600. The number of hydrogen-bond donors (Lipinski definition) is 1. The minimum absolute atomic E-state index is 0.168. The lowest BCUT2D eigenvalue weighted by molar-refractivity contribution is -0.121. The van der Waals surface area contributed by atoms with Gasteiger partial charge in [0.2, 0.25) is 5.91 Å². The average Bonchev–Trinajstić information content (AvgIpc) is 3.19. The molecule has 2 heterocycles. The van der Waals surface area contributed by atoms with Crippen LogP contribution in [0.2, 0.25) is 10.0 Å². The molecule has 36 heavy (non-hydrogen) atoms. The summed E-state index contributed by atoms with van der Waals surface area (Å²) in [5.74, 6) is -0.750. The number of carbonyl (C=O) groups is 2. The maximum absolute atomic E-state index is 13.6. The molecule has 0 saturated heterocycles. The van der Waals surface area contributed by atoms with Crippen molar-refractivity contribution < 1.29 is 9.59 Å². The van der Waals surface area contributed by atoms with Gasteiger partial charge in [0.25, 0.3) is 11.5 Å². The third-order valence-electron chi connectivity index (χ3n) is 5.63. The van der Waals surface area contributed by atoms with E-state index in [1.807, 2.05) is 0 Å². The maximum atomic E-state index is 13.6. The standard InChI is InChI=1S/C25H22Cl2N4O4S/c1-14-20-22(33)31(17-10-8-16(26)9-11-17)25(35)30(24(20)36-21(14)23(34)29(2)3)13-19(32)28-12-15-6-4-5-7-18(15)27/h4-11H,12-13H2,1-3H3,(H,28,32). The Balaban J connectivity index is 1.85. The summed E-state index contributed by atoms with van der Waals surface area (Å²) < 4.78 is 2.21. The van der Waals surface area contributed by atoms with E-state index in [9.17, 15) is 19.2 Å². The van der Waals surface area contributed by atoms with E-state index in [1.54, 1.807) is 69.6 Å². The number of fused-ring (bicyclic) bond motifs is 1. The van der Waals surface area contributed by atoms with Gasteiger partial charge < -0.3 is 10.2 Å². The molecule has 0 aliphatic heterocycles. The van der Waals surface area contributed by atoms with Crippen molar-refractivity contribution in [2.75, 3.05) is 14.1 Å². The van der Waals surface area contributed by atoms with Gasteiger partial charge in [0.05, 0.1) is 16.0 Å². The minimum Gasteiger partial charge on any atom is -0.350 e. The predicted molar refractivity (Wildman–Crippen MR) is 143 cm³/mol. The summed E-state index contributed by atoms with van der Waals surface area (Å²) in [6.07, 6.45) is 0. The van der Waals surface area contributed by atoms with E-state index >= 15 is 0 Å². The Hall–Kier alpha value is -3.40. The van der Waals surface area contributed by atoms with Crippen molar-refractivity contribution in [2.45, 2.75) is 20.0 Å². The first-order valence-electron chi connectivity index (χ1n) is 10.9. The molecule has 1 N–H and O–H groups in total. The van der Waals surface area contributed by atoms with Crippen LogP contribution in [-0.4, -0.2) is 39.9 Å². The Kier molecular flexibility index (Phi) is 7.35. The second-order valence-electron chi connectivity index (χ2n) is 8.29. The molecule has 0 atom stereocenters. The van der Waals surface area contributed by atoms with Gasteiger partial charge in [-0.3, -0.25) is 19.0 Å². The number of benzene rings is 2. The first-order chi connectivity index (χ1) is 17.1. The fraction of sp³-hybridized carbons (Fsp3) is 0.200. The highest BCUT2D eigenvalue weighted by molar-refractivity contribution is 7.20. The fourth-order valence-electron chi connectivity index (χ4n) is 3.75. The molecule has 186 valence electrons. The largest absolute Gasteiger partial charge is 0.350 e. The Morgan fingerprint density at radius 1 is 1.03 bits per heavy atom. The molecule has 0 unspecified atom stereocenters. The smallest absolute Gasteiger partial charge is 0.337 e. The van der Waals surface area contributed by atoms with E-state index in [4.69, 9.17) is 23.2 Å². The number of rotatable bonds is 6. The molecule has 8 nitrogen and oxygen atoms in total. The van der Waals surface area contributed by atoms with Crippen LogP contribution in [-0.2, 0) is 17.9 Å². The first kappa shape index (κ1) is 25.7. The highest BCUT2D eigenvalue weighted by Gasteiger charge is 2.25. The number of aryl methyl sites for hydroxylation is 1. The first-order valence-corrected chi connectivity index (χ1v) is 12.4. The van der Waals surface area contributed by atoms with E-state index in [2.05, 4.69) is 5.32 Å². The summed E-state index contributed by atoms with van der Waals surface area (Å²) in [7, 11) is 3.21. The molecule has 4 aromatic rings. The third kappa shape index (κ3) is 4.82. The molecule has 0 fully saturated rings. The molecular weight excluding hydrogens is 523 g/mol. The van der Waals surface area contributed by atoms with Gasteiger partial charge in [-0.05, 0) is 48.4 Å². The maximum Gasteiger partial charge on any atom is 0.337 e. The summed E-state index contributed by atoms with van der Waals surface area (Å²) in [4.78, 5) is 54.8. The lowest BCUT2D eigenvalue weighted by Crippen LogP contribution is -2.41. The van der Waals surface area contributed by atoms with Crippen LogP contribution < -0.4 is 16.6 Å². The van der Waals surface area contributed by atoms with Gasteiger partial charge in [-0.1, -0.05) is 41.4 Å². The van der Waals surface area contributed by atoms with Crippen LogP contribution in [0, 0.1) is 6.92 Å². The fourth-order valence-corrected chi connectivity index (χ4v) is 5.39. The van der Waals surface area contributed by atoms with Gasteiger partial charge in [-0.25, -0.2) is 9.36 Å². The molecule has 2 amide bonds. The van der Waals surface area contributed by atoms with Gasteiger partial charge >= 0.3 is 5.69 Å². The second-order valence-corrected chi connectivity index (χ2v) is 10.1. The summed E-state index contributed by atoms with van der Waals surface area (Å²) in [5, 5.41) is 3.92. The van der Waals surface area contributed by atoms with Gasteiger partial charge in [-0.15, -0.1) is 11.3 Å². The van der Waals surface area contributed by atoms with Crippen LogP contribution in [0.5, 0.6) is 0 Å². The lowest BCUT2D eigenvalue weighted by atomic mass is 10.2. The highest BCUT2D eigenvalue weighted by atomic mass is 35.5. The zero-order valence-electron chi connectivity index (χ0n) is 19.7. The quantitative estimate of drug-likeness (QED) is 0.399. The number of aromatic nitrogens is 2. The Labute approximate surface area is 220 Å². The van der Waals surface area contributed by atoms with Crippen molar-refractivity contribution in [3.63, 3.8) is 0 Å². The number of nitrogens with one attached hydrogen (secondary N) is 1. The molecule has 4 rings (SSSR count). The van der Waals surface area contributed by atoms with E-state index in [-0.39, 0.29) is 29.2 Å². The zero-order chi connectivity index (χ0) is 26.1. The van der Waals surface area contributed by atoms with Crippen LogP contribution in [0.1, 0.15) is 20.8 Å². The molecule has 0 radical (unpaired) electrons. The lowest BCUT2D eigenvalue weighted by Gasteiger charge is -2.13. The molecule has 11 heteroatoms. The molecule has 0 saturated carbocycles. The molecule has 0 bridgehead atoms. The van der Waals surface area contributed by atoms with Crippen molar-refractivity contribution in [2.24, 2.45) is 0 Å². The molecule has 2 aromatic heterocycles. The van der Waals surface area contributed by atoms with Gasteiger partial charge in [0.1, 0.15) is 11.4 Å². The van der Waals surface area contributed by atoms with E-state index in [0.29, 0.717) is 26.2 Å². The van der Waals surface area contributed by atoms with E-state index < -0.39 is 17.2 Å². The third-order valence-corrected chi connectivity index (χ3v) is 7.56. The molecule has 0 aliphatic rings. The van der Waals surface area contributed by atoms with Crippen molar-refractivity contribution in [3.05, 3.63) is 95.4 Å². The number of carbonyl (C=O) groups excluding carboxylic acids is 2. The van der Waals surface area contributed by atoms with E-state index in [1.165, 1.54) is 9.47 Å². The summed E-state index contributed by atoms with van der Waals surface area (Å²) in [5.41, 5.74) is 0.200. The van der Waals surface area contributed by atoms with Crippen LogP contribution in [0.25, 0.3) is 15.9 Å². The molecular formula is C25H22Cl2N4O4S.